The van der Waals surface area contributed by atoms with E-state index in [1.54, 1.807) is 6.20 Å². The average Bonchev–Trinajstić information content (AvgIpc) is 2.27. The van der Waals surface area contributed by atoms with Crippen molar-refractivity contribution < 1.29 is 0 Å². The van der Waals surface area contributed by atoms with Crippen LogP contribution in [0.5, 0.6) is 0 Å². The molecule has 0 aliphatic carbocycles. The van der Waals surface area contributed by atoms with Crippen LogP contribution < -0.4 is 5.73 Å². The molecular formula is C6H6N4. The van der Waals surface area contributed by atoms with Gasteiger partial charge in [0.05, 0.1) is 0 Å². The molecule has 0 radical (unpaired) electrons. The van der Waals surface area contributed by atoms with Gasteiger partial charge in [-0.15, -0.1) is 0 Å². The summed E-state index contributed by atoms with van der Waals surface area (Å²) in [6, 6.07) is 3.68. The van der Waals surface area contributed by atoms with Gasteiger partial charge in [0.25, 0.3) is 0 Å². The van der Waals surface area contributed by atoms with E-state index in [9.17, 15) is 0 Å². The summed E-state index contributed by atoms with van der Waals surface area (Å²) in [7, 11) is 0. The standard InChI is InChI=1S/C6H6N4/c7-6-9-4-2-1-3-8-5(4)10-6/h1-3H,(H3,7,8,9,10). The maximum absolute atomic E-state index is 5.38. The summed E-state index contributed by atoms with van der Waals surface area (Å²) in [5.41, 5.74) is 6.93. The zero-order chi connectivity index (χ0) is 6.97. The minimum absolute atomic E-state index is 0.411. The van der Waals surface area contributed by atoms with Crippen molar-refractivity contribution in [2.75, 3.05) is 5.73 Å². The smallest absolute Gasteiger partial charge is 0.199 e. The molecule has 0 saturated carbocycles. The third-order valence-electron chi connectivity index (χ3n) is 1.27. The number of anilines is 1. The summed E-state index contributed by atoms with van der Waals surface area (Å²) in [6.07, 6.45) is 1.69. The van der Waals surface area contributed by atoms with E-state index in [0.29, 0.717) is 5.95 Å². The number of H-pyrrole nitrogens is 1. The van der Waals surface area contributed by atoms with Gasteiger partial charge in [-0.1, -0.05) is 0 Å². The second-order valence-electron chi connectivity index (χ2n) is 1.99. The normalized spacial score (nSPS) is 10.4. The van der Waals surface area contributed by atoms with Gasteiger partial charge in [-0.3, -0.25) is 0 Å². The number of aromatic amines is 1. The quantitative estimate of drug-likeness (QED) is 0.552. The molecule has 0 saturated heterocycles. The summed E-state index contributed by atoms with van der Waals surface area (Å²) >= 11 is 0. The van der Waals surface area contributed by atoms with Crippen LogP contribution in [0.3, 0.4) is 0 Å². The van der Waals surface area contributed by atoms with Crippen molar-refractivity contribution in [3.8, 4) is 0 Å². The average molecular weight is 134 g/mol. The lowest BCUT2D eigenvalue weighted by Gasteiger charge is -1.80. The van der Waals surface area contributed by atoms with Crippen molar-refractivity contribution >= 4 is 17.1 Å². The number of fused-ring (bicyclic) bond motifs is 1. The first-order valence-electron chi connectivity index (χ1n) is 2.92. The van der Waals surface area contributed by atoms with E-state index < -0.39 is 0 Å². The first-order chi connectivity index (χ1) is 4.86. The van der Waals surface area contributed by atoms with Crippen molar-refractivity contribution in [2.45, 2.75) is 0 Å². The Morgan fingerprint density at radius 3 is 3.20 bits per heavy atom. The molecule has 2 aromatic heterocycles. The number of nitrogens with one attached hydrogen (secondary N) is 1. The third kappa shape index (κ3) is 0.621. The monoisotopic (exact) mass is 134 g/mol. The Balaban J connectivity index is 2.88. The van der Waals surface area contributed by atoms with Crippen molar-refractivity contribution in [2.24, 2.45) is 0 Å². The number of pyridine rings is 1. The van der Waals surface area contributed by atoms with Crippen LogP contribution in [0.2, 0.25) is 0 Å². The molecule has 4 nitrogen and oxygen atoms in total. The van der Waals surface area contributed by atoms with Gasteiger partial charge in [0.2, 0.25) is 0 Å². The Morgan fingerprint density at radius 2 is 2.40 bits per heavy atom. The molecule has 0 fully saturated rings. The number of rotatable bonds is 0. The molecule has 0 unspecified atom stereocenters. The number of nitrogens with two attached hydrogens (primary N) is 1. The molecular weight excluding hydrogens is 128 g/mol. The van der Waals surface area contributed by atoms with Crippen LogP contribution in [0.15, 0.2) is 18.3 Å². The number of nitrogens with zero attached hydrogens (tertiary/aromatic N) is 2. The largest absolute Gasteiger partial charge is 0.369 e. The lowest BCUT2D eigenvalue weighted by atomic mass is 10.4. The van der Waals surface area contributed by atoms with E-state index in [2.05, 4.69) is 15.0 Å². The van der Waals surface area contributed by atoms with Crippen LogP contribution in [0.25, 0.3) is 11.2 Å². The van der Waals surface area contributed by atoms with Gasteiger partial charge in [-0.25, -0.2) is 9.97 Å². The first kappa shape index (κ1) is 5.22. The first-order valence-corrected chi connectivity index (χ1v) is 2.92. The van der Waals surface area contributed by atoms with Crippen LogP contribution in [0.4, 0.5) is 5.95 Å². The highest BCUT2D eigenvalue weighted by molar-refractivity contribution is 5.72. The zero-order valence-corrected chi connectivity index (χ0v) is 5.20. The lowest BCUT2D eigenvalue weighted by Crippen LogP contribution is -1.84. The Bertz CT molecular complexity index is 318. The summed E-state index contributed by atoms with van der Waals surface area (Å²) in [6.45, 7) is 0. The molecule has 0 amide bonds. The molecule has 3 N–H and O–H groups in total. The van der Waals surface area contributed by atoms with E-state index >= 15 is 0 Å². The van der Waals surface area contributed by atoms with Gasteiger partial charge >= 0.3 is 0 Å². The summed E-state index contributed by atoms with van der Waals surface area (Å²) < 4.78 is 0. The summed E-state index contributed by atoms with van der Waals surface area (Å²) in [5.74, 6) is 0.411. The van der Waals surface area contributed by atoms with Crippen LogP contribution in [-0.4, -0.2) is 15.0 Å². The molecule has 0 aliphatic rings. The fourth-order valence-electron chi connectivity index (χ4n) is 0.862. The van der Waals surface area contributed by atoms with Gasteiger partial charge in [0.1, 0.15) is 5.52 Å². The maximum Gasteiger partial charge on any atom is 0.199 e. The second kappa shape index (κ2) is 1.70. The molecule has 2 rings (SSSR count). The minimum atomic E-state index is 0.411. The van der Waals surface area contributed by atoms with Crippen LogP contribution >= 0.6 is 0 Å². The fraction of sp³-hybridized carbons (Fsp3) is 0. The fourth-order valence-corrected chi connectivity index (χ4v) is 0.862. The van der Waals surface area contributed by atoms with E-state index in [4.69, 9.17) is 5.73 Å². The molecule has 0 bridgehead atoms. The molecule has 0 aromatic carbocycles. The number of hydrogen-bond donors (Lipinski definition) is 2. The Labute approximate surface area is 57.1 Å². The van der Waals surface area contributed by atoms with Gasteiger partial charge < -0.3 is 10.7 Å². The van der Waals surface area contributed by atoms with E-state index in [1.165, 1.54) is 0 Å². The van der Waals surface area contributed by atoms with E-state index in [1.807, 2.05) is 12.1 Å². The van der Waals surface area contributed by atoms with Crippen molar-refractivity contribution in [1.82, 2.24) is 15.0 Å². The highest BCUT2D eigenvalue weighted by atomic mass is 15.1. The molecule has 4 heteroatoms. The number of hydrogen-bond acceptors (Lipinski definition) is 3. The van der Waals surface area contributed by atoms with Crippen LogP contribution in [0, 0.1) is 0 Å². The van der Waals surface area contributed by atoms with Gasteiger partial charge in [0.15, 0.2) is 11.6 Å². The van der Waals surface area contributed by atoms with Crippen molar-refractivity contribution in [3.05, 3.63) is 18.3 Å². The van der Waals surface area contributed by atoms with Gasteiger partial charge in [-0.2, -0.15) is 0 Å². The number of aromatic nitrogens is 3. The Morgan fingerprint density at radius 1 is 1.50 bits per heavy atom. The summed E-state index contributed by atoms with van der Waals surface area (Å²) in [4.78, 5) is 10.8. The molecule has 0 aliphatic heterocycles. The molecule has 0 atom stereocenters. The SMILES string of the molecule is Nc1nc2cccnc2[nH]1. The van der Waals surface area contributed by atoms with Crippen molar-refractivity contribution in [1.29, 1.82) is 0 Å². The highest BCUT2D eigenvalue weighted by Crippen LogP contribution is 2.06. The molecule has 2 heterocycles. The van der Waals surface area contributed by atoms with E-state index in [-0.39, 0.29) is 0 Å². The highest BCUT2D eigenvalue weighted by Gasteiger charge is 1.96. The van der Waals surface area contributed by atoms with Crippen LogP contribution in [-0.2, 0) is 0 Å². The van der Waals surface area contributed by atoms with Gasteiger partial charge in [0, 0.05) is 6.20 Å². The molecule has 50 valence electrons. The molecule has 10 heavy (non-hydrogen) atoms. The van der Waals surface area contributed by atoms with Gasteiger partial charge in [-0.05, 0) is 12.1 Å². The van der Waals surface area contributed by atoms with Crippen molar-refractivity contribution in [3.63, 3.8) is 0 Å². The third-order valence-corrected chi connectivity index (χ3v) is 1.27. The number of nitrogen functional groups attached to an aromatic ring is 1. The Kier molecular flexibility index (Phi) is 0.887. The maximum atomic E-state index is 5.38. The predicted octanol–water partition coefficient (Wildman–Crippen LogP) is 0.540. The van der Waals surface area contributed by atoms with E-state index in [0.717, 1.165) is 11.2 Å². The summed E-state index contributed by atoms with van der Waals surface area (Å²) in [5, 5.41) is 0. The second-order valence-corrected chi connectivity index (χ2v) is 1.99. The number of imidazole rings is 1. The van der Waals surface area contributed by atoms with Crippen LogP contribution in [0.1, 0.15) is 0 Å². The minimum Gasteiger partial charge on any atom is -0.369 e. The zero-order valence-electron chi connectivity index (χ0n) is 5.20. The molecule has 2 aromatic rings. The lowest BCUT2D eigenvalue weighted by molar-refractivity contribution is 1.31. The Hall–Kier alpha value is -1.58. The molecule has 0 spiro atoms. The topological polar surface area (TPSA) is 67.6 Å². The predicted molar refractivity (Wildman–Crippen MR) is 38.3 cm³/mol.